The molecule has 138 valence electrons. The predicted molar refractivity (Wildman–Crippen MR) is 75.1 cm³/mol. The number of halogens is 6. The van der Waals surface area contributed by atoms with Gasteiger partial charge in [-0.3, -0.25) is 0 Å². The topological polar surface area (TPSA) is 65.2 Å². The fraction of sp³-hybridized carbons (Fsp3) is 0.286. The van der Waals surface area contributed by atoms with Crippen molar-refractivity contribution in [2.45, 2.75) is 25.6 Å². The number of hydrogen-bond acceptors (Lipinski definition) is 5. The third-order valence-electron chi connectivity index (χ3n) is 3.33. The number of aromatic nitrogens is 5. The summed E-state index contributed by atoms with van der Waals surface area (Å²) in [4.78, 5) is 3.51. The van der Waals surface area contributed by atoms with Crippen molar-refractivity contribution < 1.29 is 31.1 Å². The average Bonchev–Trinajstić information content (AvgIpc) is 2.99. The van der Waals surface area contributed by atoms with Gasteiger partial charge in [0.25, 0.3) is 12.3 Å². The fourth-order valence-corrected chi connectivity index (χ4v) is 1.98. The molecule has 0 aromatic carbocycles. The van der Waals surface area contributed by atoms with Crippen molar-refractivity contribution >= 4 is 5.65 Å². The van der Waals surface area contributed by atoms with Crippen LogP contribution in [0.5, 0.6) is 5.88 Å². The van der Waals surface area contributed by atoms with Crippen molar-refractivity contribution in [3.8, 4) is 17.1 Å². The zero-order valence-electron chi connectivity index (χ0n) is 12.9. The Morgan fingerprint density at radius 3 is 2.50 bits per heavy atom. The molecule has 12 heteroatoms. The van der Waals surface area contributed by atoms with E-state index in [-0.39, 0.29) is 16.9 Å². The fourth-order valence-electron chi connectivity index (χ4n) is 1.98. The lowest BCUT2D eigenvalue weighted by atomic mass is 10.2. The van der Waals surface area contributed by atoms with Crippen LogP contribution < -0.4 is 4.74 Å². The predicted octanol–water partition coefficient (Wildman–Crippen LogP) is 3.59. The standard InChI is InChI=1S/C14H9F6N5O/c1-6(14(18,19)20)26-13-8(15)4-7(5-21-13)9-2-3-10-22-23-12(11(16)17)25(10)24-9/h2-6,11H,1H3/t6-/m0/s1. The Labute approximate surface area is 141 Å². The van der Waals surface area contributed by atoms with Crippen LogP contribution in [0.4, 0.5) is 26.3 Å². The van der Waals surface area contributed by atoms with Crippen LogP contribution in [0.2, 0.25) is 0 Å². The number of fused-ring (bicyclic) bond motifs is 1. The van der Waals surface area contributed by atoms with E-state index in [1.54, 1.807) is 0 Å². The molecule has 0 unspecified atom stereocenters. The van der Waals surface area contributed by atoms with Crippen molar-refractivity contribution in [1.29, 1.82) is 0 Å². The number of nitrogens with zero attached hydrogens (tertiary/aromatic N) is 5. The van der Waals surface area contributed by atoms with Gasteiger partial charge in [0.2, 0.25) is 5.82 Å². The monoisotopic (exact) mass is 377 g/mol. The van der Waals surface area contributed by atoms with E-state index in [0.29, 0.717) is 6.92 Å². The van der Waals surface area contributed by atoms with Crippen LogP contribution >= 0.6 is 0 Å². The van der Waals surface area contributed by atoms with E-state index in [2.05, 4.69) is 25.0 Å². The van der Waals surface area contributed by atoms with Crippen molar-refractivity contribution in [1.82, 2.24) is 24.8 Å². The van der Waals surface area contributed by atoms with Crippen molar-refractivity contribution in [2.75, 3.05) is 0 Å². The van der Waals surface area contributed by atoms with E-state index >= 15 is 0 Å². The summed E-state index contributed by atoms with van der Waals surface area (Å²) >= 11 is 0. The highest BCUT2D eigenvalue weighted by Crippen LogP contribution is 2.27. The zero-order chi connectivity index (χ0) is 19.1. The van der Waals surface area contributed by atoms with E-state index in [1.165, 1.54) is 12.1 Å². The van der Waals surface area contributed by atoms with Gasteiger partial charge in [-0.1, -0.05) is 0 Å². The maximum Gasteiger partial charge on any atom is 0.425 e. The molecule has 0 aliphatic heterocycles. The van der Waals surface area contributed by atoms with Gasteiger partial charge in [-0.25, -0.2) is 18.2 Å². The van der Waals surface area contributed by atoms with Gasteiger partial charge in [0.15, 0.2) is 17.6 Å². The van der Waals surface area contributed by atoms with E-state index in [0.717, 1.165) is 16.8 Å². The van der Waals surface area contributed by atoms with Gasteiger partial charge in [0.05, 0.1) is 5.69 Å². The van der Waals surface area contributed by atoms with Gasteiger partial charge >= 0.3 is 6.18 Å². The molecule has 3 aromatic rings. The molecule has 0 amide bonds. The van der Waals surface area contributed by atoms with Gasteiger partial charge in [0, 0.05) is 11.8 Å². The van der Waals surface area contributed by atoms with Crippen LogP contribution in [-0.4, -0.2) is 37.1 Å². The summed E-state index contributed by atoms with van der Waals surface area (Å²) in [6, 6.07) is 3.52. The Hall–Kier alpha value is -2.92. The third-order valence-corrected chi connectivity index (χ3v) is 3.33. The lowest BCUT2D eigenvalue weighted by molar-refractivity contribution is -0.190. The normalized spacial score (nSPS) is 13.4. The molecule has 0 saturated heterocycles. The summed E-state index contributed by atoms with van der Waals surface area (Å²) in [5, 5.41) is 10.7. The lowest BCUT2D eigenvalue weighted by Gasteiger charge is -2.17. The molecule has 26 heavy (non-hydrogen) atoms. The van der Waals surface area contributed by atoms with Crippen LogP contribution in [0, 0.1) is 5.82 Å². The zero-order valence-corrected chi connectivity index (χ0v) is 12.9. The van der Waals surface area contributed by atoms with E-state index < -0.39 is 36.2 Å². The summed E-state index contributed by atoms with van der Waals surface area (Å²) in [6.07, 6.45) is -8.85. The molecule has 0 bridgehead atoms. The van der Waals surface area contributed by atoms with E-state index in [4.69, 9.17) is 0 Å². The lowest BCUT2D eigenvalue weighted by Crippen LogP contribution is -2.31. The second-order valence-electron chi connectivity index (χ2n) is 5.16. The smallest absolute Gasteiger partial charge is 0.425 e. The molecular formula is C14H9F6N5O. The number of alkyl halides is 5. The first-order valence-electron chi connectivity index (χ1n) is 7.06. The summed E-state index contributed by atoms with van der Waals surface area (Å²) < 4.78 is 82.4. The quantitative estimate of drug-likeness (QED) is 0.650. The maximum atomic E-state index is 14.0. The van der Waals surface area contributed by atoms with Crippen molar-refractivity contribution in [3.63, 3.8) is 0 Å². The minimum Gasteiger partial charge on any atom is -0.463 e. The Morgan fingerprint density at radius 2 is 1.88 bits per heavy atom. The molecule has 6 nitrogen and oxygen atoms in total. The molecule has 0 aliphatic rings. The Bertz CT molecular complexity index is 941. The number of hydrogen-bond donors (Lipinski definition) is 0. The number of pyridine rings is 1. The van der Waals surface area contributed by atoms with Gasteiger partial charge in [-0.2, -0.15) is 22.8 Å². The average molecular weight is 377 g/mol. The highest BCUT2D eigenvalue weighted by Gasteiger charge is 2.38. The third kappa shape index (κ3) is 3.39. The minimum absolute atomic E-state index is 0.0426. The molecule has 0 N–H and O–H groups in total. The van der Waals surface area contributed by atoms with Gasteiger partial charge in [0.1, 0.15) is 0 Å². The Morgan fingerprint density at radius 1 is 1.15 bits per heavy atom. The summed E-state index contributed by atoms with van der Waals surface area (Å²) in [6.45, 7) is 0.711. The largest absolute Gasteiger partial charge is 0.463 e. The highest BCUT2D eigenvalue weighted by atomic mass is 19.4. The Balaban J connectivity index is 1.94. The SMILES string of the molecule is C[C@H](Oc1ncc(-c2ccc3nnc(C(F)F)n3n2)cc1F)C(F)(F)F. The van der Waals surface area contributed by atoms with Crippen molar-refractivity contribution in [3.05, 3.63) is 36.0 Å². The molecule has 0 radical (unpaired) electrons. The van der Waals surface area contributed by atoms with E-state index in [1.807, 2.05) is 0 Å². The first kappa shape index (κ1) is 17.9. The number of rotatable bonds is 4. The molecule has 3 heterocycles. The molecule has 0 spiro atoms. The van der Waals surface area contributed by atoms with Gasteiger partial charge in [-0.15, -0.1) is 10.2 Å². The van der Waals surface area contributed by atoms with Crippen LogP contribution in [0.1, 0.15) is 19.2 Å². The highest BCUT2D eigenvalue weighted by molar-refractivity contribution is 5.59. The first-order chi connectivity index (χ1) is 12.2. The van der Waals surface area contributed by atoms with Crippen LogP contribution in [0.25, 0.3) is 16.9 Å². The Kier molecular flexibility index (Phi) is 4.42. The van der Waals surface area contributed by atoms with Crippen LogP contribution in [0.15, 0.2) is 24.4 Å². The summed E-state index contributed by atoms with van der Waals surface area (Å²) in [5.41, 5.74) is 0.141. The second kappa shape index (κ2) is 6.42. The summed E-state index contributed by atoms with van der Waals surface area (Å²) in [7, 11) is 0. The summed E-state index contributed by atoms with van der Waals surface area (Å²) in [5.74, 6) is -2.69. The van der Waals surface area contributed by atoms with Crippen molar-refractivity contribution in [2.24, 2.45) is 0 Å². The first-order valence-corrected chi connectivity index (χ1v) is 7.06. The minimum atomic E-state index is -4.68. The maximum absolute atomic E-state index is 14.0. The molecule has 3 rings (SSSR count). The number of ether oxygens (including phenoxy) is 1. The molecule has 3 aromatic heterocycles. The van der Waals surface area contributed by atoms with E-state index in [9.17, 15) is 26.3 Å². The molecular weight excluding hydrogens is 368 g/mol. The molecule has 0 saturated carbocycles. The van der Waals surface area contributed by atoms with Gasteiger partial charge in [-0.05, 0) is 25.1 Å². The molecule has 0 aliphatic carbocycles. The molecule has 0 fully saturated rings. The molecule has 1 atom stereocenters. The van der Waals surface area contributed by atoms with Crippen LogP contribution in [0.3, 0.4) is 0 Å². The van der Waals surface area contributed by atoms with Gasteiger partial charge < -0.3 is 4.74 Å². The second-order valence-corrected chi connectivity index (χ2v) is 5.16. The van der Waals surface area contributed by atoms with Crippen LogP contribution in [-0.2, 0) is 0 Å².